The Morgan fingerprint density at radius 3 is 1.68 bits per heavy atom. The van der Waals surface area contributed by atoms with Crippen LogP contribution in [0.5, 0.6) is 0 Å². The highest BCUT2D eigenvalue weighted by molar-refractivity contribution is 6.16. The van der Waals surface area contributed by atoms with Crippen LogP contribution in [0, 0.1) is 11.3 Å². The molecule has 0 saturated carbocycles. The molecule has 9 aromatic rings. The van der Waals surface area contributed by atoms with Crippen LogP contribution in [0.4, 0.5) is 0 Å². The summed E-state index contributed by atoms with van der Waals surface area (Å²) in [5.74, 6) is 0. The van der Waals surface area contributed by atoms with Crippen molar-refractivity contribution in [3.63, 3.8) is 0 Å². The molecule has 0 N–H and O–H groups in total. The molecule has 0 unspecified atom stereocenters. The third-order valence-electron chi connectivity index (χ3n) is 8.34. The molecule has 0 atom stereocenters. The number of para-hydroxylation sites is 4. The summed E-state index contributed by atoms with van der Waals surface area (Å²) in [5.41, 5.74) is 8.75. The van der Waals surface area contributed by atoms with Crippen LogP contribution in [0.1, 0.15) is 5.56 Å². The van der Waals surface area contributed by atoms with Crippen molar-refractivity contribution in [2.75, 3.05) is 0 Å². The summed E-state index contributed by atoms with van der Waals surface area (Å²) in [7, 11) is 0. The molecule has 9 rings (SSSR count). The third-order valence-corrected chi connectivity index (χ3v) is 8.34. The molecular weight excluding hydrogens is 502 g/mol. The average Bonchev–Trinajstić information content (AvgIpc) is 3.68. The first-order chi connectivity index (χ1) is 20.3. The van der Waals surface area contributed by atoms with Crippen LogP contribution in [0.3, 0.4) is 0 Å². The molecule has 190 valence electrons. The van der Waals surface area contributed by atoms with Crippen LogP contribution in [-0.4, -0.2) is 9.13 Å². The van der Waals surface area contributed by atoms with Crippen LogP contribution < -0.4 is 0 Å². The SMILES string of the molecule is N#Cc1ccc2c3ccccc3n(-c3cccc4oc5c(-n6c7ccccc7c7ccccc76)cccc5c34)c2c1. The normalized spacial score (nSPS) is 11.9. The molecule has 6 aromatic carbocycles. The number of benzene rings is 6. The second-order valence-corrected chi connectivity index (χ2v) is 10.5. The van der Waals surface area contributed by atoms with Gasteiger partial charge in [0.1, 0.15) is 5.58 Å². The van der Waals surface area contributed by atoms with Gasteiger partial charge in [-0.25, -0.2) is 0 Å². The molecule has 0 bridgehead atoms. The van der Waals surface area contributed by atoms with Gasteiger partial charge >= 0.3 is 0 Å². The molecule has 0 radical (unpaired) electrons. The molecule has 41 heavy (non-hydrogen) atoms. The first kappa shape index (κ1) is 22.1. The van der Waals surface area contributed by atoms with Crippen molar-refractivity contribution in [2.45, 2.75) is 0 Å². The minimum Gasteiger partial charge on any atom is -0.454 e. The van der Waals surface area contributed by atoms with Gasteiger partial charge in [0, 0.05) is 26.9 Å². The van der Waals surface area contributed by atoms with E-state index in [1.54, 1.807) is 0 Å². The first-order valence-corrected chi connectivity index (χ1v) is 13.7. The fourth-order valence-electron chi connectivity index (χ4n) is 6.66. The standard InChI is InChI=1S/C37H21N3O/c38-22-23-19-20-27-26-11-3-6-15-31(26)40(34(27)21-23)32-16-8-18-35-36(32)28-12-7-17-33(37(28)41-35)39-29-13-4-1-9-24(29)25-10-2-5-14-30(25)39/h1-21H. The van der Waals surface area contributed by atoms with Gasteiger partial charge in [0.25, 0.3) is 0 Å². The predicted octanol–water partition coefficient (Wildman–Crippen LogP) is 9.65. The van der Waals surface area contributed by atoms with Gasteiger partial charge in [-0.05, 0) is 48.5 Å². The highest BCUT2D eigenvalue weighted by atomic mass is 16.3. The predicted molar refractivity (Wildman–Crippen MR) is 167 cm³/mol. The molecule has 0 fully saturated rings. The lowest BCUT2D eigenvalue weighted by molar-refractivity contribution is 0.666. The average molecular weight is 524 g/mol. The number of furan rings is 1. The maximum Gasteiger partial charge on any atom is 0.159 e. The van der Waals surface area contributed by atoms with E-state index in [4.69, 9.17) is 4.42 Å². The van der Waals surface area contributed by atoms with Crippen LogP contribution in [0.2, 0.25) is 0 Å². The molecule has 4 heteroatoms. The molecule has 0 aliphatic rings. The molecule has 3 aromatic heterocycles. The Bertz CT molecular complexity index is 2500. The summed E-state index contributed by atoms with van der Waals surface area (Å²) in [4.78, 5) is 0. The second-order valence-electron chi connectivity index (χ2n) is 10.5. The van der Waals surface area contributed by atoms with Crippen molar-refractivity contribution in [3.05, 3.63) is 133 Å². The smallest absolute Gasteiger partial charge is 0.159 e. The summed E-state index contributed by atoms with van der Waals surface area (Å²) < 4.78 is 11.3. The number of nitriles is 1. The van der Waals surface area contributed by atoms with Gasteiger partial charge < -0.3 is 13.6 Å². The zero-order valence-electron chi connectivity index (χ0n) is 21.9. The van der Waals surface area contributed by atoms with Crippen LogP contribution in [0.15, 0.2) is 132 Å². The van der Waals surface area contributed by atoms with E-state index in [-0.39, 0.29) is 0 Å². The minimum atomic E-state index is 0.638. The fourth-order valence-corrected chi connectivity index (χ4v) is 6.66. The number of aromatic nitrogens is 2. The quantitative estimate of drug-likeness (QED) is 0.226. The minimum absolute atomic E-state index is 0.638. The molecule has 0 saturated heterocycles. The van der Waals surface area contributed by atoms with E-state index in [1.807, 2.05) is 18.2 Å². The summed E-state index contributed by atoms with van der Waals surface area (Å²) in [6.45, 7) is 0. The number of fused-ring (bicyclic) bond motifs is 9. The maximum atomic E-state index is 9.71. The van der Waals surface area contributed by atoms with Gasteiger partial charge in [0.15, 0.2) is 5.58 Å². The molecule has 0 aliphatic carbocycles. The van der Waals surface area contributed by atoms with Crippen molar-refractivity contribution >= 4 is 65.6 Å². The fraction of sp³-hybridized carbons (Fsp3) is 0. The lowest BCUT2D eigenvalue weighted by atomic mass is 10.1. The second kappa shape index (κ2) is 8.11. The van der Waals surface area contributed by atoms with Gasteiger partial charge in [-0.2, -0.15) is 5.26 Å². The lowest BCUT2D eigenvalue weighted by Gasteiger charge is -2.10. The van der Waals surface area contributed by atoms with E-state index in [2.05, 4.69) is 124 Å². The monoisotopic (exact) mass is 523 g/mol. The van der Waals surface area contributed by atoms with E-state index >= 15 is 0 Å². The van der Waals surface area contributed by atoms with E-state index in [1.165, 1.54) is 10.8 Å². The van der Waals surface area contributed by atoms with Crippen molar-refractivity contribution in [1.29, 1.82) is 5.26 Å². The Balaban J connectivity index is 1.42. The van der Waals surface area contributed by atoms with Gasteiger partial charge in [-0.1, -0.05) is 78.9 Å². The highest BCUT2D eigenvalue weighted by Crippen LogP contribution is 2.41. The molecule has 0 spiro atoms. The van der Waals surface area contributed by atoms with Crippen molar-refractivity contribution in [3.8, 4) is 17.4 Å². The number of hydrogen-bond donors (Lipinski definition) is 0. The molecule has 0 aliphatic heterocycles. The van der Waals surface area contributed by atoms with E-state index in [0.29, 0.717) is 5.56 Å². The first-order valence-electron chi connectivity index (χ1n) is 13.7. The topological polar surface area (TPSA) is 46.8 Å². The number of hydrogen-bond acceptors (Lipinski definition) is 2. The Morgan fingerprint density at radius 2 is 1.02 bits per heavy atom. The maximum absolute atomic E-state index is 9.71. The highest BCUT2D eigenvalue weighted by Gasteiger charge is 2.21. The van der Waals surface area contributed by atoms with E-state index in [0.717, 1.165) is 66.2 Å². The third kappa shape index (κ3) is 2.92. The van der Waals surface area contributed by atoms with Crippen LogP contribution in [0.25, 0.3) is 76.9 Å². The summed E-state index contributed by atoms with van der Waals surface area (Å²) in [6, 6.07) is 46.4. The van der Waals surface area contributed by atoms with Gasteiger partial charge in [-0.15, -0.1) is 0 Å². The summed E-state index contributed by atoms with van der Waals surface area (Å²) >= 11 is 0. The zero-order chi connectivity index (χ0) is 27.1. The molecule has 0 amide bonds. The van der Waals surface area contributed by atoms with Gasteiger partial charge in [0.05, 0.1) is 50.5 Å². The summed E-state index contributed by atoms with van der Waals surface area (Å²) in [5, 5.41) is 16.5. The van der Waals surface area contributed by atoms with Crippen molar-refractivity contribution < 1.29 is 4.42 Å². The molecule has 3 heterocycles. The zero-order valence-corrected chi connectivity index (χ0v) is 21.9. The number of nitrogens with zero attached hydrogens (tertiary/aromatic N) is 3. The van der Waals surface area contributed by atoms with Crippen LogP contribution >= 0.6 is 0 Å². The van der Waals surface area contributed by atoms with E-state index in [9.17, 15) is 5.26 Å². The van der Waals surface area contributed by atoms with Gasteiger partial charge in [0.2, 0.25) is 0 Å². The summed E-state index contributed by atoms with van der Waals surface area (Å²) in [6.07, 6.45) is 0. The lowest BCUT2D eigenvalue weighted by Crippen LogP contribution is -1.95. The van der Waals surface area contributed by atoms with Crippen LogP contribution in [-0.2, 0) is 0 Å². The van der Waals surface area contributed by atoms with Crippen molar-refractivity contribution in [2.24, 2.45) is 0 Å². The Labute approximate surface area is 234 Å². The largest absolute Gasteiger partial charge is 0.454 e. The Kier molecular flexibility index (Phi) is 4.37. The Morgan fingerprint density at radius 1 is 0.488 bits per heavy atom. The Hall–Kier alpha value is -5.79. The van der Waals surface area contributed by atoms with E-state index < -0.39 is 0 Å². The van der Waals surface area contributed by atoms with Crippen molar-refractivity contribution in [1.82, 2.24) is 9.13 Å². The number of rotatable bonds is 2. The molecule has 4 nitrogen and oxygen atoms in total. The molecular formula is C37H21N3O. The van der Waals surface area contributed by atoms with Gasteiger partial charge in [-0.3, -0.25) is 0 Å².